The molecule has 0 bridgehead atoms. The second-order valence-corrected chi connectivity index (χ2v) is 8.09. The molecule has 8 heteroatoms. The van der Waals surface area contributed by atoms with Crippen LogP contribution >= 0.6 is 15.9 Å². The van der Waals surface area contributed by atoms with E-state index >= 15 is 0 Å². The van der Waals surface area contributed by atoms with Crippen molar-refractivity contribution in [3.05, 3.63) is 82.6 Å². The lowest BCUT2D eigenvalue weighted by atomic mass is 10.1. The topological polar surface area (TPSA) is 64.0 Å². The summed E-state index contributed by atoms with van der Waals surface area (Å²) < 4.78 is 43.9. The third-order valence-corrected chi connectivity index (χ3v) is 5.68. The minimum Gasteiger partial charge on any atom is -0.336 e. The molecule has 5 nitrogen and oxygen atoms in total. The van der Waals surface area contributed by atoms with Gasteiger partial charge in [-0.3, -0.25) is 0 Å². The predicted molar refractivity (Wildman–Crippen MR) is 95.9 cm³/mol. The first-order valence-corrected chi connectivity index (χ1v) is 9.65. The second kappa shape index (κ2) is 7.07. The van der Waals surface area contributed by atoms with Gasteiger partial charge in [-0.15, -0.1) is 0 Å². The third-order valence-electron chi connectivity index (χ3n) is 3.72. The second-order valence-electron chi connectivity index (χ2n) is 5.46. The molecule has 1 atom stereocenters. The summed E-state index contributed by atoms with van der Waals surface area (Å²) in [5.74, 6) is 0.116. The monoisotopic (exact) mass is 423 g/mol. The molecule has 130 valence electrons. The summed E-state index contributed by atoms with van der Waals surface area (Å²) in [6.07, 6.45) is 3.31. The van der Waals surface area contributed by atoms with Crippen molar-refractivity contribution >= 4 is 26.0 Å². The molecule has 25 heavy (non-hydrogen) atoms. The Morgan fingerprint density at radius 3 is 2.32 bits per heavy atom. The van der Waals surface area contributed by atoms with Crippen LogP contribution in [0.25, 0.3) is 0 Å². The Balaban J connectivity index is 2.02. The summed E-state index contributed by atoms with van der Waals surface area (Å²) in [5.41, 5.74) is 0.594. The van der Waals surface area contributed by atoms with E-state index in [1.807, 2.05) is 0 Å². The average Bonchev–Trinajstić information content (AvgIpc) is 3.00. The van der Waals surface area contributed by atoms with Gasteiger partial charge in [0, 0.05) is 23.9 Å². The summed E-state index contributed by atoms with van der Waals surface area (Å²) in [4.78, 5) is 4.38. The fourth-order valence-corrected chi connectivity index (χ4v) is 3.86. The van der Waals surface area contributed by atoms with Gasteiger partial charge in [0.05, 0.1) is 4.90 Å². The van der Waals surface area contributed by atoms with Crippen LogP contribution in [-0.2, 0) is 17.1 Å². The van der Waals surface area contributed by atoms with Crippen molar-refractivity contribution in [2.45, 2.75) is 10.9 Å². The lowest BCUT2D eigenvalue weighted by Gasteiger charge is -2.19. The Kier molecular flexibility index (Phi) is 5.03. The molecule has 1 aromatic heterocycles. The molecule has 1 N–H and O–H groups in total. The maximum absolute atomic E-state index is 13.2. The fraction of sp³-hybridized carbons (Fsp3) is 0.118. The molecule has 0 fully saturated rings. The largest absolute Gasteiger partial charge is 0.336 e. The van der Waals surface area contributed by atoms with Gasteiger partial charge in [0.1, 0.15) is 17.7 Å². The van der Waals surface area contributed by atoms with E-state index in [1.165, 1.54) is 24.3 Å². The van der Waals surface area contributed by atoms with E-state index < -0.39 is 21.9 Å². The van der Waals surface area contributed by atoms with Gasteiger partial charge in [-0.25, -0.2) is 17.8 Å². The first-order chi connectivity index (χ1) is 11.9. The van der Waals surface area contributed by atoms with Gasteiger partial charge in [-0.05, 0) is 42.0 Å². The summed E-state index contributed by atoms with van der Waals surface area (Å²) in [7, 11) is -2.02. The zero-order valence-corrected chi connectivity index (χ0v) is 15.6. The van der Waals surface area contributed by atoms with Gasteiger partial charge in [0.25, 0.3) is 0 Å². The van der Waals surface area contributed by atoms with Crippen LogP contribution in [0.15, 0.2) is 70.3 Å². The number of aromatic nitrogens is 2. The van der Waals surface area contributed by atoms with Crippen LogP contribution in [0.5, 0.6) is 0 Å². The van der Waals surface area contributed by atoms with Crippen molar-refractivity contribution in [1.29, 1.82) is 0 Å². The van der Waals surface area contributed by atoms with E-state index in [0.717, 1.165) is 4.47 Å². The van der Waals surface area contributed by atoms with E-state index in [1.54, 1.807) is 48.3 Å². The molecule has 1 unspecified atom stereocenters. The highest BCUT2D eigenvalue weighted by Crippen LogP contribution is 2.24. The Hall–Kier alpha value is -2.03. The Morgan fingerprint density at radius 2 is 1.76 bits per heavy atom. The molecule has 0 aliphatic carbocycles. The minimum absolute atomic E-state index is 0.136. The molecule has 2 aromatic carbocycles. The van der Waals surface area contributed by atoms with Crippen molar-refractivity contribution in [1.82, 2.24) is 14.3 Å². The molecule has 3 aromatic rings. The molecular weight excluding hydrogens is 409 g/mol. The first-order valence-electron chi connectivity index (χ1n) is 7.37. The van der Waals surface area contributed by atoms with Gasteiger partial charge < -0.3 is 4.57 Å². The number of aryl methyl sites for hydroxylation is 1. The van der Waals surface area contributed by atoms with Crippen molar-refractivity contribution in [2.24, 2.45) is 7.05 Å². The zero-order chi connectivity index (χ0) is 18.0. The first kappa shape index (κ1) is 17.8. The molecule has 0 saturated carbocycles. The normalized spacial score (nSPS) is 12.9. The highest BCUT2D eigenvalue weighted by atomic mass is 79.9. The van der Waals surface area contributed by atoms with Crippen LogP contribution in [0, 0.1) is 5.82 Å². The van der Waals surface area contributed by atoms with Gasteiger partial charge in [-0.1, -0.05) is 28.1 Å². The Morgan fingerprint density at radius 1 is 1.12 bits per heavy atom. The summed E-state index contributed by atoms with van der Waals surface area (Å²) in [6.45, 7) is 0. The summed E-state index contributed by atoms with van der Waals surface area (Å²) >= 11 is 3.28. The van der Waals surface area contributed by atoms with E-state index in [-0.39, 0.29) is 4.90 Å². The summed E-state index contributed by atoms with van der Waals surface area (Å²) in [5, 5.41) is 0. The molecule has 1 heterocycles. The molecular formula is C17H15BrFN3O2S. The van der Waals surface area contributed by atoms with Crippen molar-refractivity contribution in [3.8, 4) is 0 Å². The van der Waals surface area contributed by atoms with Crippen LogP contribution in [0.1, 0.15) is 17.4 Å². The molecule has 0 radical (unpaired) electrons. The van der Waals surface area contributed by atoms with E-state index in [4.69, 9.17) is 0 Å². The van der Waals surface area contributed by atoms with E-state index in [2.05, 4.69) is 25.6 Å². The lowest BCUT2D eigenvalue weighted by molar-refractivity contribution is 0.562. The Labute approximate surface area is 153 Å². The molecule has 3 rings (SSSR count). The van der Waals surface area contributed by atoms with Crippen LogP contribution < -0.4 is 4.72 Å². The number of benzene rings is 2. The molecule has 0 aliphatic rings. The van der Waals surface area contributed by atoms with Crippen LogP contribution in [0.3, 0.4) is 0 Å². The molecule has 0 aliphatic heterocycles. The highest BCUT2D eigenvalue weighted by Gasteiger charge is 2.25. The average molecular weight is 424 g/mol. The van der Waals surface area contributed by atoms with Crippen molar-refractivity contribution < 1.29 is 12.8 Å². The zero-order valence-electron chi connectivity index (χ0n) is 13.2. The number of nitrogens with one attached hydrogen (secondary N) is 1. The van der Waals surface area contributed by atoms with E-state index in [9.17, 15) is 12.8 Å². The molecule has 0 spiro atoms. The molecule has 0 amide bonds. The maximum atomic E-state index is 13.2. The van der Waals surface area contributed by atoms with Crippen molar-refractivity contribution in [3.63, 3.8) is 0 Å². The van der Waals surface area contributed by atoms with Gasteiger partial charge in [-0.2, -0.15) is 4.72 Å². The number of nitrogens with zero attached hydrogens (tertiary/aromatic N) is 2. The van der Waals surface area contributed by atoms with Crippen LogP contribution in [-0.4, -0.2) is 18.0 Å². The number of halogens is 2. The quantitative estimate of drug-likeness (QED) is 0.683. The smallest absolute Gasteiger partial charge is 0.241 e. The lowest BCUT2D eigenvalue weighted by Crippen LogP contribution is -2.31. The van der Waals surface area contributed by atoms with Gasteiger partial charge in [0.15, 0.2) is 0 Å². The van der Waals surface area contributed by atoms with Gasteiger partial charge >= 0.3 is 0 Å². The van der Waals surface area contributed by atoms with Gasteiger partial charge in [0.2, 0.25) is 10.0 Å². The standard InChI is InChI=1S/C17H15BrFN3O2S/c1-22-11-10-20-17(22)16(12-2-6-14(19)7-3-12)21-25(23,24)15-8-4-13(18)5-9-15/h2-11,16,21H,1H3. The van der Waals surface area contributed by atoms with E-state index in [0.29, 0.717) is 11.4 Å². The predicted octanol–water partition coefficient (Wildman–Crippen LogP) is 3.39. The number of sulfonamides is 1. The van der Waals surface area contributed by atoms with Crippen LogP contribution in [0.2, 0.25) is 0 Å². The SMILES string of the molecule is Cn1ccnc1C(NS(=O)(=O)c1ccc(Br)cc1)c1ccc(F)cc1. The van der Waals surface area contributed by atoms with Crippen molar-refractivity contribution in [2.75, 3.05) is 0 Å². The number of imidazole rings is 1. The number of hydrogen-bond donors (Lipinski definition) is 1. The molecule has 0 saturated heterocycles. The minimum atomic E-state index is -3.80. The van der Waals surface area contributed by atoms with Crippen LogP contribution in [0.4, 0.5) is 4.39 Å². The number of hydrogen-bond acceptors (Lipinski definition) is 3. The highest BCUT2D eigenvalue weighted by molar-refractivity contribution is 9.10. The summed E-state index contributed by atoms with van der Waals surface area (Å²) in [6, 6.07) is 11.2. The number of rotatable bonds is 5. The fourth-order valence-electron chi connectivity index (χ4n) is 2.42. The third kappa shape index (κ3) is 3.97. The maximum Gasteiger partial charge on any atom is 0.241 e. The Bertz CT molecular complexity index is 970.